The van der Waals surface area contributed by atoms with Crippen LogP contribution in [0, 0.1) is 0 Å². The Bertz CT molecular complexity index is 376. The van der Waals surface area contributed by atoms with E-state index in [2.05, 4.69) is 0 Å². The Kier molecular flexibility index (Phi) is 7.18. The zero-order valence-electron chi connectivity index (χ0n) is 10.4. The third-order valence-electron chi connectivity index (χ3n) is 2.39. The van der Waals surface area contributed by atoms with E-state index >= 15 is 0 Å². The van der Waals surface area contributed by atoms with Crippen molar-refractivity contribution in [1.82, 2.24) is 4.90 Å². The van der Waals surface area contributed by atoms with Gasteiger partial charge >= 0.3 is 0 Å². The molecule has 0 saturated heterocycles. The van der Waals surface area contributed by atoms with Gasteiger partial charge in [0.05, 0.1) is 19.6 Å². The molecule has 0 radical (unpaired) electrons. The molecule has 1 aromatic rings. The van der Waals surface area contributed by atoms with E-state index in [-0.39, 0.29) is 31.4 Å². The zero-order chi connectivity index (χ0) is 14.1. The quantitative estimate of drug-likeness (QED) is 0.689. The zero-order valence-corrected chi connectivity index (χ0v) is 11.2. The maximum absolute atomic E-state index is 12.3. The van der Waals surface area contributed by atoms with Crippen LogP contribution in [0.1, 0.15) is 6.42 Å². The minimum absolute atomic E-state index is 0.0541. The Morgan fingerprint density at radius 1 is 1.32 bits per heavy atom. The number of rotatable bonds is 8. The number of alkyl halides is 3. The van der Waals surface area contributed by atoms with E-state index in [1.54, 1.807) is 12.1 Å². The van der Waals surface area contributed by atoms with Crippen molar-refractivity contribution in [2.45, 2.75) is 12.8 Å². The first-order valence-corrected chi connectivity index (χ1v) is 6.46. The van der Waals surface area contributed by atoms with Crippen molar-refractivity contribution in [2.24, 2.45) is 0 Å². The first kappa shape index (κ1) is 15.7. The molecule has 0 aliphatic rings. The number of hydrogen-bond acceptors (Lipinski definition) is 2. The lowest BCUT2D eigenvalue weighted by atomic mass is 10.3. The summed E-state index contributed by atoms with van der Waals surface area (Å²) in [6.45, 7) is -0.308. The summed E-state index contributed by atoms with van der Waals surface area (Å²) in [5.74, 6) is 0.405. The third-order valence-corrected chi connectivity index (χ3v) is 2.56. The molecule has 0 spiro atoms. The topological polar surface area (TPSA) is 29.5 Å². The third kappa shape index (κ3) is 6.38. The van der Waals surface area contributed by atoms with Crippen molar-refractivity contribution in [2.75, 3.05) is 25.6 Å². The molecule has 3 nitrogen and oxygen atoms in total. The first-order valence-electron chi connectivity index (χ1n) is 5.93. The van der Waals surface area contributed by atoms with Crippen LogP contribution < -0.4 is 4.74 Å². The van der Waals surface area contributed by atoms with Crippen LogP contribution in [0.4, 0.5) is 8.78 Å². The molecule has 0 aliphatic heterocycles. The molecule has 0 heterocycles. The highest BCUT2D eigenvalue weighted by Gasteiger charge is 2.17. The molecule has 6 heteroatoms. The predicted molar refractivity (Wildman–Crippen MR) is 69.9 cm³/mol. The summed E-state index contributed by atoms with van der Waals surface area (Å²) in [6, 6.07) is 9.00. The minimum atomic E-state index is -2.55. The standard InChI is InChI=1S/C13H16ClF2NO2/c14-7-8-17(10-12(15)16)13(18)6-9-19-11-4-2-1-3-5-11/h1-5,12H,6-10H2. The Labute approximate surface area is 116 Å². The van der Waals surface area contributed by atoms with Crippen molar-refractivity contribution >= 4 is 17.5 Å². The number of halogens is 3. The van der Waals surface area contributed by atoms with Crippen LogP contribution in [0.3, 0.4) is 0 Å². The predicted octanol–water partition coefficient (Wildman–Crippen LogP) is 2.79. The largest absolute Gasteiger partial charge is 0.493 e. The van der Waals surface area contributed by atoms with Crippen LogP contribution in [0.5, 0.6) is 5.75 Å². The second-order valence-corrected chi connectivity index (χ2v) is 4.21. The summed E-state index contributed by atoms with van der Waals surface area (Å²) in [5.41, 5.74) is 0. The van der Waals surface area contributed by atoms with Gasteiger partial charge in [-0.15, -0.1) is 11.6 Å². The maximum Gasteiger partial charge on any atom is 0.255 e. The summed E-state index contributed by atoms with van der Waals surface area (Å²) in [5, 5.41) is 0. The smallest absolute Gasteiger partial charge is 0.255 e. The van der Waals surface area contributed by atoms with Crippen LogP contribution in [-0.2, 0) is 4.79 Å². The van der Waals surface area contributed by atoms with Gasteiger partial charge in [0.15, 0.2) is 0 Å². The molecular weight excluding hydrogens is 276 g/mol. The van der Waals surface area contributed by atoms with Crippen LogP contribution in [0.25, 0.3) is 0 Å². The van der Waals surface area contributed by atoms with Gasteiger partial charge in [0, 0.05) is 12.4 Å². The first-order chi connectivity index (χ1) is 9.13. The van der Waals surface area contributed by atoms with Gasteiger partial charge in [-0.1, -0.05) is 18.2 Å². The Morgan fingerprint density at radius 3 is 2.58 bits per heavy atom. The van der Waals surface area contributed by atoms with Gasteiger partial charge < -0.3 is 9.64 Å². The maximum atomic E-state index is 12.3. The molecule has 0 saturated carbocycles. The van der Waals surface area contributed by atoms with Crippen molar-refractivity contribution in [3.05, 3.63) is 30.3 Å². The SMILES string of the molecule is O=C(CCOc1ccccc1)N(CCCl)CC(F)F. The molecule has 0 aliphatic carbocycles. The molecular formula is C13H16ClF2NO2. The second-order valence-electron chi connectivity index (χ2n) is 3.83. The highest BCUT2D eigenvalue weighted by atomic mass is 35.5. The summed E-state index contributed by atoms with van der Waals surface area (Å²) < 4.78 is 29.9. The molecule has 0 fully saturated rings. The van der Waals surface area contributed by atoms with E-state index in [1.165, 1.54) is 0 Å². The Balaban J connectivity index is 2.35. The number of ether oxygens (including phenoxy) is 1. The molecule has 1 rings (SSSR count). The molecule has 106 valence electrons. The van der Waals surface area contributed by atoms with E-state index in [4.69, 9.17) is 16.3 Å². The van der Waals surface area contributed by atoms with Crippen molar-refractivity contribution < 1.29 is 18.3 Å². The molecule has 19 heavy (non-hydrogen) atoms. The van der Waals surface area contributed by atoms with Crippen molar-refractivity contribution in [3.8, 4) is 5.75 Å². The highest BCUT2D eigenvalue weighted by molar-refractivity contribution is 6.18. The Morgan fingerprint density at radius 2 is 2.00 bits per heavy atom. The lowest BCUT2D eigenvalue weighted by molar-refractivity contribution is -0.133. The van der Waals surface area contributed by atoms with Gasteiger partial charge in [-0.2, -0.15) is 0 Å². The molecule has 1 amide bonds. The number of hydrogen-bond donors (Lipinski definition) is 0. The van der Waals surface area contributed by atoms with Gasteiger partial charge in [0.1, 0.15) is 5.75 Å². The van der Waals surface area contributed by atoms with E-state index in [9.17, 15) is 13.6 Å². The van der Waals surface area contributed by atoms with Crippen molar-refractivity contribution in [1.29, 1.82) is 0 Å². The highest BCUT2D eigenvalue weighted by Crippen LogP contribution is 2.09. The fourth-order valence-electron chi connectivity index (χ4n) is 1.52. The van der Waals surface area contributed by atoms with E-state index in [0.717, 1.165) is 4.90 Å². The lowest BCUT2D eigenvalue weighted by Gasteiger charge is -2.21. The summed E-state index contributed by atoms with van der Waals surface area (Å²) >= 11 is 5.48. The fraction of sp³-hybridized carbons (Fsp3) is 0.462. The molecule has 0 bridgehead atoms. The van der Waals surface area contributed by atoms with Crippen LogP contribution in [0.15, 0.2) is 30.3 Å². The van der Waals surface area contributed by atoms with Gasteiger partial charge in [0.2, 0.25) is 5.91 Å². The molecule has 0 N–H and O–H groups in total. The van der Waals surface area contributed by atoms with E-state index in [1.807, 2.05) is 18.2 Å². The van der Waals surface area contributed by atoms with Gasteiger partial charge in [0.25, 0.3) is 6.43 Å². The summed E-state index contributed by atoms with van der Waals surface area (Å²) in [4.78, 5) is 12.8. The normalized spacial score (nSPS) is 10.5. The summed E-state index contributed by atoms with van der Waals surface area (Å²) in [6.07, 6.45) is -2.50. The number of carbonyl (C=O) groups excluding carboxylic acids is 1. The number of para-hydroxylation sites is 1. The average Bonchev–Trinajstić information content (AvgIpc) is 2.39. The fourth-order valence-corrected chi connectivity index (χ4v) is 1.72. The summed E-state index contributed by atoms with van der Waals surface area (Å²) in [7, 11) is 0. The monoisotopic (exact) mass is 291 g/mol. The average molecular weight is 292 g/mol. The number of benzene rings is 1. The number of carbonyl (C=O) groups is 1. The van der Waals surface area contributed by atoms with Gasteiger partial charge in [-0.05, 0) is 12.1 Å². The van der Waals surface area contributed by atoms with Crippen LogP contribution in [0.2, 0.25) is 0 Å². The number of nitrogens with zero attached hydrogens (tertiary/aromatic N) is 1. The van der Waals surface area contributed by atoms with Crippen LogP contribution >= 0.6 is 11.6 Å². The van der Waals surface area contributed by atoms with E-state index in [0.29, 0.717) is 5.75 Å². The number of amides is 1. The molecule has 0 aromatic heterocycles. The minimum Gasteiger partial charge on any atom is -0.493 e. The van der Waals surface area contributed by atoms with Gasteiger partial charge in [-0.3, -0.25) is 4.79 Å². The van der Waals surface area contributed by atoms with E-state index < -0.39 is 13.0 Å². The molecule has 0 unspecified atom stereocenters. The lowest BCUT2D eigenvalue weighted by Crippen LogP contribution is -2.37. The molecule has 0 atom stereocenters. The second kappa shape index (κ2) is 8.69. The van der Waals surface area contributed by atoms with Gasteiger partial charge in [-0.25, -0.2) is 8.78 Å². The molecule has 1 aromatic carbocycles. The van der Waals surface area contributed by atoms with Crippen molar-refractivity contribution in [3.63, 3.8) is 0 Å². The Hall–Kier alpha value is -1.36. The van der Waals surface area contributed by atoms with Crippen LogP contribution in [-0.4, -0.2) is 42.8 Å².